The fourth-order valence-corrected chi connectivity index (χ4v) is 10.4. The smallest absolute Gasteiger partial charge is 0.356 e. The molecule has 1 aliphatic rings. The Labute approximate surface area is 258 Å². The van der Waals surface area contributed by atoms with Crippen molar-refractivity contribution in [2.24, 2.45) is 5.92 Å². The predicted molar refractivity (Wildman–Crippen MR) is 177 cm³/mol. The molecule has 1 unspecified atom stereocenters. The van der Waals surface area contributed by atoms with Crippen LogP contribution in [-0.4, -0.2) is 40.3 Å². The van der Waals surface area contributed by atoms with Gasteiger partial charge in [0.15, 0.2) is 0 Å². The lowest BCUT2D eigenvalue weighted by Crippen LogP contribution is -2.68. The monoisotopic (exact) mass is 605 g/mol. The second kappa shape index (κ2) is 13.7. The number of carbonyl (C=O) groups excluding carboxylic acids is 3. The molecule has 1 saturated heterocycles. The Morgan fingerprint density at radius 3 is 1.70 bits per heavy atom. The highest BCUT2D eigenvalue weighted by atomic mass is 31.2. The fourth-order valence-electron chi connectivity index (χ4n) is 6.05. The van der Waals surface area contributed by atoms with Gasteiger partial charge in [-0.1, -0.05) is 127 Å². The first-order valence-corrected chi connectivity index (χ1v) is 16.4. The predicted octanol–water partition coefficient (Wildman–Crippen LogP) is 5.21. The van der Waals surface area contributed by atoms with E-state index in [4.69, 9.17) is 9.47 Å². The molecule has 0 bridgehead atoms. The summed E-state index contributed by atoms with van der Waals surface area (Å²) in [4.78, 5) is 42.5. The van der Waals surface area contributed by atoms with Crippen LogP contribution in [-0.2, 0) is 30.5 Å². The maximum absolute atomic E-state index is 14.7. The molecule has 7 heteroatoms. The average Bonchev–Trinajstić information content (AvgIpc) is 3.05. The van der Waals surface area contributed by atoms with Crippen LogP contribution in [0.25, 0.3) is 0 Å². The zero-order valence-electron chi connectivity index (χ0n) is 24.9. The van der Waals surface area contributed by atoms with Gasteiger partial charge in [0.25, 0.3) is 0 Å². The zero-order chi connectivity index (χ0) is 31.1. The van der Waals surface area contributed by atoms with Crippen LogP contribution >= 0.6 is 6.89 Å². The Bertz CT molecular complexity index is 1570. The normalized spacial score (nSPS) is 16.8. The molecule has 4 aromatic carbocycles. The SMILES string of the molecule is C=CC[C@H]1[C@H](C(C)OC(C)=O)C(=O)N1C(C(=O)OCc1ccccc1)=P(c1ccccc1)(c1ccccc1)c1ccccc1. The van der Waals surface area contributed by atoms with Gasteiger partial charge in [-0.25, -0.2) is 4.79 Å². The third-order valence-electron chi connectivity index (χ3n) is 7.91. The van der Waals surface area contributed by atoms with Gasteiger partial charge in [0, 0.05) is 13.8 Å². The van der Waals surface area contributed by atoms with E-state index in [-0.39, 0.29) is 12.5 Å². The van der Waals surface area contributed by atoms with Crippen molar-refractivity contribution >= 4 is 46.1 Å². The summed E-state index contributed by atoms with van der Waals surface area (Å²) >= 11 is 0. The van der Waals surface area contributed by atoms with Gasteiger partial charge < -0.3 is 14.4 Å². The number of esters is 2. The van der Waals surface area contributed by atoms with Crippen LogP contribution in [0, 0.1) is 5.92 Å². The van der Waals surface area contributed by atoms with E-state index in [2.05, 4.69) is 6.58 Å². The van der Waals surface area contributed by atoms with Gasteiger partial charge in [-0.2, -0.15) is 0 Å². The van der Waals surface area contributed by atoms with Crippen LogP contribution < -0.4 is 15.9 Å². The molecule has 5 rings (SSSR count). The van der Waals surface area contributed by atoms with Crippen LogP contribution in [0.1, 0.15) is 25.8 Å². The first-order chi connectivity index (χ1) is 21.4. The van der Waals surface area contributed by atoms with Crippen molar-refractivity contribution in [1.82, 2.24) is 4.90 Å². The molecule has 224 valence electrons. The zero-order valence-corrected chi connectivity index (χ0v) is 25.8. The summed E-state index contributed by atoms with van der Waals surface area (Å²) in [6, 6.07) is 38.6. The highest BCUT2D eigenvalue weighted by molar-refractivity contribution is 7.96. The molecule has 4 aromatic rings. The van der Waals surface area contributed by atoms with Crippen LogP contribution in [0.4, 0.5) is 0 Å². The fraction of sp³-hybridized carbons (Fsp3) is 0.189. The second-order valence-electron chi connectivity index (χ2n) is 10.7. The van der Waals surface area contributed by atoms with Gasteiger partial charge in [-0.15, -0.1) is 6.58 Å². The minimum Gasteiger partial charge on any atom is -0.462 e. The molecule has 1 aliphatic heterocycles. The lowest BCUT2D eigenvalue weighted by atomic mass is 9.81. The van der Waals surface area contributed by atoms with Crippen LogP contribution in [0.2, 0.25) is 0 Å². The molecule has 0 N–H and O–H groups in total. The van der Waals surface area contributed by atoms with Gasteiger partial charge in [0.1, 0.15) is 18.1 Å². The van der Waals surface area contributed by atoms with Gasteiger partial charge in [-0.3, -0.25) is 9.59 Å². The molecule has 1 amide bonds. The standard InChI is InChI=1S/C37H36NO5P/c1-4-17-33-34(27(2)43-28(3)39)35(40)38(33)36(37(41)42-26-29-18-9-5-10-19-29)44(30-20-11-6-12-21-30,31-22-13-7-14-23-31)32-24-15-8-16-25-32/h4-16,18-25,27,33-34H,1,17,26H2,2-3H3/t27?,33-,34-/m0/s1. The van der Waals surface area contributed by atoms with Crippen molar-refractivity contribution in [1.29, 1.82) is 0 Å². The van der Waals surface area contributed by atoms with E-state index >= 15 is 0 Å². The van der Waals surface area contributed by atoms with Gasteiger partial charge >= 0.3 is 11.9 Å². The first-order valence-electron chi connectivity index (χ1n) is 14.6. The summed E-state index contributed by atoms with van der Waals surface area (Å²) < 4.78 is 11.6. The Kier molecular flexibility index (Phi) is 9.62. The highest BCUT2D eigenvalue weighted by Crippen LogP contribution is 2.50. The molecule has 0 spiro atoms. The van der Waals surface area contributed by atoms with Gasteiger partial charge in [-0.05, 0) is 34.8 Å². The number of rotatable bonds is 11. The largest absolute Gasteiger partial charge is 0.462 e. The summed E-state index contributed by atoms with van der Waals surface area (Å²) in [6.45, 7) is 4.01. The number of nitrogens with zero attached hydrogens (tertiary/aromatic N) is 1. The summed E-state index contributed by atoms with van der Waals surface area (Å²) in [5, 5.41) is 2.72. The minimum atomic E-state index is -3.04. The lowest BCUT2D eigenvalue weighted by molar-refractivity contribution is -0.166. The number of hydrogen-bond acceptors (Lipinski definition) is 5. The molecular formula is C37H36NO5P. The maximum Gasteiger partial charge on any atom is 0.356 e. The molecule has 0 saturated carbocycles. The maximum atomic E-state index is 14.7. The Morgan fingerprint density at radius 2 is 1.27 bits per heavy atom. The van der Waals surface area contributed by atoms with E-state index in [1.165, 1.54) is 6.92 Å². The topological polar surface area (TPSA) is 72.9 Å². The number of benzene rings is 4. The third kappa shape index (κ3) is 5.91. The molecule has 3 atom stereocenters. The molecule has 0 radical (unpaired) electrons. The molecule has 0 aromatic heterocycles. The van der Waals surface area contributed by atoms with E-state index in [1.54, 1.807) is 17.9 Å². The minimum absolute atomic E-state index is 0.0446. The second-order valence-corrected chi connectivity index (χ2v) is 14.0. The Balaban J connectivity index is 1.84. The number of hydrogen-bond donors (Lipinski definition) is 0. The summed E-state index contributed by atoms with van der Waals surface area (Å²) in [5.41, 5.74) is 1.13. The summed E-state index contributed by atoms with van der Waals surface area (Å²) in [7, 11) is 0. The quantitative estimate of drug-likeness (QED) is 0.102. The van der Waals surface area contributed by atoms with Gasteiger partial charge in [0.2, 0.25) is 5.91 Å². The number of likely N-dealkylation sites (tertiary alicyclic amines) is 1. The number of carbonyl (C=O) groups is 3. The van der Waals surface area contributed by atoms with E-state index in [0.29, 0.717) is 11.8 Å². The van der Waals surface area contributed by atoms with Crippen LogP contribution in [0.15, 0.2) is 134 Å². The van der Waals surface area contributed by atoms with Crippen molar-refractivity contribution in [2.45, 2.75) is 39.0 Å². The number of β-lactam (4-membered cyclic amide) rings is 1. The van der Waals surface area contributed by atoms with E-state index in [1.807, 2.05) is 121 Å². The third-order valence-corrected chi connectivity index (χ3v) is 12.2. The molecule has 44 heavy (non-hydrogen) atoms. The van der Waals surface area contributed by atoms with E-state index in [0.717, 1.165) is 21.5 Å². The van der Waals surface area contributed by atoms with Gasteiger partial charge in [0.05, 0.1) is 12.0 Å². The highest BCUT2D eigenvalue weighted by Gasteiger charge is 2.55. The molecule has 0 aliphatic carbocycles. The first kappa shape index (κ1) is 30.8. The Hall–Kier alpha value is -4.67. The number of amides is 1. The van der Waals surface area contributed by atoms with Crippen molar-refractivity contribution in [3.63, 3.8) is 0 Å². The molecule has 1 fully saturated rings. The molecular weight excluding hydrogens is 569 g/mol. The molecule has 6 nitrogen and oxygen atoms in total. The van der Waals surface area contributed by atoms with Crippen molar-refractivity contribution < 1.29 is 23.9 Å². The summed E-state index contributed by atoms with van der Waals surface area (Å²) in [6.07, 6.45) is 1.45. The summed E-state index contributed by atoms with van der Waals surface area (Å²) in [5.74, 6) is -1.96. The van der Waals surface area contributed by atoms with Crippen LogP contribution in [0.5, 0.6) is 0 Å². The van der Waals surface area contributed by atoms with Crippen LogP contribution in [0.3, 0.4) is 0 Å². The van der Waals surface area contributed by atoms with E-state index in [9.17, 15) is 14.4 Å². The average molecular weight is 606 g/mol. The van der Waals surface area contributed by atoms with Crippen molar-refractivity contribution in [3.8, 4) is 0 Å². The molecule has 1 heterocycles. The number of ether oxygens (including phenoxy) is 2. The Morgan fingerprint density at radius 1 is 0.818 bits per heavy atom. The van der Waals surface area contributed by atoms with Crippen molar-refractivity contribution in [3.05, 3.63) is 140 Å². The van der Waals surface area contributed by atoms with E-state index < -0.39 is 36.9 Å². The van der Waals surface area contributed by atoms with Crippen molar-refractivity contribution in [2.75, 3.05) is 0 Å². The lowest BCUT2D eigenvalue weighted by Gasteiger charge is -2.51.